The van der Waals surface area contributed by atoms with Crippen molar-refractivity contribution >= 4 is 11.2 Å². The quantitative estimate of drug-likeness (QED) is 0.918. The van der Waals surface area contributed by atoms with Gasteiger partial charge in [-0.25, -0.2) is 9.78 Å². The molecule has 1 saturated heterocycles. The van der Waals surface area contributed by atoms with Gasteiger partial charge in [0.2, 0.25) is 0 Å². The highest BCUT2D eigenvalue weighted by molar-refractivity contribution is 5.68. The SMILES string of the molecule is C[C@@H]1CC(CCn2c(=O)c3[nH]cnc3n(C)c2=O)C[C@@H](C)O1. The van der Waals surface area contributed by atoms with E-state index in [9.17, 15) is 9.59 Å². The predicted molar refractivity (Wildman–Crippen MR) is 82.9 cm³/mol. The van der Waals surface area contributed by atoms with Gasteiger partial charge in [0, 0.05) is 13.6 Å². The number of rotatable bonds is 3. The van der Waals surface area contributed by atoms with Crippen LogP contribution in [-0.2, 0) is 18.3 Å². The molecule has 0 saturated carbocycles. The van der Waals surface area contributed by atoms with Crippen molar-refractivity contribution in [3.63, 3.8) is 0 Å². The Kier molecular flexibility index (Phi) is 3.90. The molecule has 2 aromatic rings. The van der Waals surface area contributed by atoms with Crippen LogP contribution >= 0.6 is 0 Å². The molecule has 120 valence electrons. The van der Waals surface area contributed by atoms with Gasteiger partial charge < -0.3 is 9.72 Å². The fourth-order valence-electron chi connectivity index (χ4n) is 3.48. The second-order valence-electron chi connectivity index (χ2n) is 6.28. The number of aromatic amines is 1. The van der Waals surface area contributed by atoms with Crippen molar-refractivity contribution in [3.05, 3.63) is 27.2 Å². The summed E-state index contributed by atoms with van der Waals surface area (Å²) in [5.41, 5.74) is 0.192. The fraction of sp³-hybridized carbons (Fsp3) is 0.667. The second kappa shape index (κ2) is 5.72. The minimum Gasteiger partial charge on any atom is -0.376 e. The molecule has 2 atom stereocenters. The van der Waals surface area contributed by atoms with Crippen LogP contribution in [0.3, 0.4) is 0 Å². The molecule has 3 rings (SSSR count). The molecule has 0 radical (unpaired) electrons. The molecule has 0 aliphatic carbocycles. The van der Waals surface area contributed by atoms with Gasteiger partial charge in [-0.2, -0.15) is 0 Å². The van der Waals surface area contributed by atoms with Crippen LogP contribution in [0.25, 0.3) is 11.2 Å². The van der Waals surface area contributed by atoms with E-state index in [1.54, 1.807) is 7.05 Å². The molecule has 7 heteroatoms. The van der Waals surface area contributed by atoms with Crippen molar-refractivity contribution in [1.29, 1.82) is 0 Å². The highest BCUT2D eigenvalue weighted by Crippen LogP contribution is 2.27. The Labute approximate surface area is 127 Å². The molecule has 7 nitrogen and oxygen atoms in total. The molecule has 1 fully saturated rings. The number of nitrogens with one attached hydrogen (secondary N) is 1. The largest absolute Gasteiger partial charge is 0.376 e. The zero-order valence-electron chi connectivity index (χ0n) is 13.2. The Morgan fingerprint density at radius 2 is 2.00 bits per heavy atom. The number of aryl methyl sites for hydroxylation is 1. The maximum Gasteiger partial charge on any atom is 0.332 e. The molecule has 0 aromatic carbocycles. The van der Waals surface area contributed by atoms with Gasteiger partial charge in [-0.3, -0.25) is 13.9 Å². The smallest absolute Gasteiger partial charge is 0.332 e. The van der Waals surface area contributed by atoms with Gasteiger partial charge in [-0.15, -0.1) is 0 Å². The van der Waals surface area contributed by atoms with Crippen molar-refractivity contribution in [1.82, 2.24) is 19.1 Å². The summed E-state index contributed by atoms with van der Waals surface area (Å²) >= 11 is 0. The number of H-pyrrole nitrogens is 1. The number of hydrogen-bond acceptors (Lipinski definition) is 4. The average molecular weight is 306 g/mol. The number of hydrogen-bond donors (Lipinski definition) is 1. The van der Waals surface area contributed by atoms with Crippen molar-refractivity contribution in [2.24, 2.45) is 13.0 Å². The van der Waals surface area contributed by atoms with Crippen molar-refractivity contribution in [2.75, 3.05) is 0 Å². The molecule has 0 unspecified atom stereocenters. The lowest BCUT2D eigenvalue weighted by atomic mass is 9.90. The molecular weight excluding hydrogens is 284 g/mol. The van der Waals surface area contributed by atoms with Crippen LogP contribution in [0.5, 0.6) is 0 Å². The Morgan fingerprint density at radius 3 is 2.68 bits per heavy atom. The van der Waals surface area contributed by atoms with Crippen LogP contribution in [0.15, 0.2) is 15.9 Å². The summed E-state index contributed by atoms with van der Waals surface area (Å²) in [5.74, 6) is 0.479. The third kappa shape index (κ3) is 2.61. The summed E-state index contributed by atoms with van der Waals surface area (Å²) in [5, 5.41) is 0. The number of ether oxygens (including phenoxy) is 1. The van der Waals surface area contributed by atoms with Crippen molar-refractivity contribution in [3.8, 4) is 0 Å². The molecule has 0 amide bonds. The van der Waals surface area contributed by atoms with E-state index in [4.69, 9.17) is 4.74 Å². The zero-order chi connectivity index (χ0) is 15.9. The van der Waals surface area contributed by atoms with Crippen LogP contribution < -0.4 is 11.2 Å². The third-order valence-corrected chi connectivity index (χ3v) is 4.47. The molecule has 22 heavy (non-hydrogen) atoms. The highest BCUT2D eigenvalue weighted by Gasteiger charge is 2.24. The lowest BCUT2D eigenvalue weighted by molar-refractivity contribution is -0.0540. The summed E-state index contributed by atoms with van der Waals surface area (Å²) in [6, 6.07) is 0. The number of nitrogens with zero attached hydrogens (tertiary/aromatic N) is 3. The van der Waals surface area contributed by atoms with Crippen molar-refractivity contribution in [2.45, 2.75) is 51.9 Å². The van der Waals surface area contributed by atoms with E-state index in [-0.39, 0.29) is 23.5 Å². The van der Waals surface area contributed by atoms with Gasteiger partial charge >= 0.3 is 5.69 Å². The van der Waals surface area contributed by atoms with E-state index in [2.05, 4.69) is 23.8 Å². The fourth-order valence-corrected chi connectivity index (χ4v) is 3.48. The number of imidazole rings is 1. The van der Waals surface area contributed by atoms with E-state index < -0.39 is 0 Å². The first-order valence-corrected chi connectivity index (χ1v) is 7.75. The Morgan fingerprint density at radius 1 is 1.32 bits per heavy atom. The summed E-state index contributed by atoms with van der Waals surface area (Å²) in [4.78, 5) is 31.6. The first-order valence-electron chi connectivity index (χ1n) is 7.75. The minimum absolute atomic E-state index is 0.239. The van der Waals surface area contributed by atoms with Crippen LogP contribution in [0.4, 0.5) is 0 Å². The third-order valence-electron chi connectivity index (χ3n) is 4.47. The Bertz CT molecular complexity index is 778. The van der Waals surface area contributed by atoms with Gasteiger partial charge in [-0.1, -0.05) is 0 Å². The summed E-state index contributed by atoms with van der Waals surface area (Å²) < 4.78 is 8.46. The van der Waals surface area contributed by atoms with Crippen LogP contribution in [0.1, 0.15) is 33.1 Å². The van der Waals surface area contributed by atoms with Crippen LogP contribution in [0.2, 0.25) is 0 Å². The topological polar surface area (TPSA) is 81.9 Å². The molecule has 1 aliphatic heterocycles. The van der Waals surface area contributed by atoms with Crippen LogP contribution in [-0.4, -0.2) is 31.3 Å². The minimum atomic E-state index is -0.308. The van der Waals surface area contributed by atoms with E-state index in [1.165, 1.54) is 15.5 Å². The normalized spacial score (nSPS) is 25.7. The van der Waals surface area contributed by atoms with E-state index >= 15 is 0 Å². The monoisotopic (exact) mass is 306 g/mol. The zero-order valence-corrected chi connectivity index (χ0v) is 13.2. The van der Waals surface area contributed by atoms with E-state index in [1.807, 2.05) is 0 Å². The van der Waals surface area contributed by atoms with E-state index in [0.717, 1.165) is 19.3 Å². The lowest BCUT2D eigenvalue weighted by Crippen LogP contribution is -2.40. The molecule has 0 spiro atoms. The first kappa shape index (κ1) is 15.0. The average Bonchev–Trinajstić information content (AvgIpc) is 2.93. The molecule has 1 aliphatic rings. The summed E-state index contributed by atoms with van der Waals surface area (Å²) in [6.07, 6.45) is 4.69. The van der Waals surface area contributed by atoms with Gasteiger partial charge in [0.05, 0.1) is 18.5 Å². The summed E-state index contributed by atoms with van der Waals surface area (Å²) in [6.45, 7) is 4.58. The number of fused-ring (bicyclic) bond motifs is 1. The van der Waals surface area contributed by atoms with Gasteiger partial charge in [-0.05, 0) is 39.0 Å². The molecular formula is C15H22N4O3. The Hall–Kier alpha value is -1.89. The van der Waals surface area contributed by atoms with Crippen molar-refractivity contribution < 1.29 is 4.74 Å². The maximum atomic E-state index is 12.4. The van der Waals surface area contributed by atoms with Crippen LogP contribution in [0, 0.1) is 5.92 Å². The molecule has 2 aromatic heterocycles. The molecule has 0 bridgehead atoms. The maximum absolute atomic E-state index is 12.4. The summed E-state index contributed by atoms with van der Waals surface area (Å²) in [7, 11) is 1.64. The molecule has 3 heterocycles. The van der Waals surface area contributed by atoms with Gasteiger partial charge in [0.15, 0.2) is 5.65 Å². The second-order valence-corrected chi connectivity index (χ2v) is 6.28. The van der Waals surface area contributed by atoms with Gasteiger partial charge in [0.1, 0.15) is 5.52 Å². The Balaban J connectivity index is 1.85. The lowest BCUT2D eigenvalue weighted by Gasteiger charge is -2.32. The first-order chi connectivity index (χ1) is 10.5. The predicted octanol–water partition coefficient (Wildman–Crippen LogP) is 1.02. The van der Waals surface area contributed by atoms with E-state index in [0.29, 0.717) is 23.6 Å². The standard InChI is InChI=1S/C15H22N4O3/c1-9-6-11(7-10(2)22-9)4-5-19-14(20)12-13(17-8-16-12)18(3)15(19)21/h8-11H,4-7H2,1-3H3,(H,16,17)/t9-,10-/m1/s1. The number of aromatic nitrogens is 4. The van der Waals surface area contributed by atoms with Gasteiger partial charge in [0.25, 0.3) is 5.56 Å². The highest BCUT2D eigenvalue weighted by atomic mass is 16.5. The molecule has 1 N–H and O–H groups in total.